The fourth-order valence-electron chi connectivity index (χ4n) is 5.54. The monoisotopic (exact) mass is 694 g/mol. The summed E-state index contributed by atoms with van der Waals surface area (Å²) in [4.78, 5) is 1.83. The predicted molar refractivity (Wildman–Crippen MR) is 177 cm³/mol. The van der Waals surface area contributed by atoms with Crippen molar-refractivity contribution in [1.82, 2.24) is 0 Å². The Kier molecular flexibility index (Phi) is 11.3. The molecule has 6 rings (SSSR count). The number of anilines is 1. The van der Waals surface area contributed by atoms with Gasteiger partial charge >= 0.3 is 35.4 Å². The molecule has 0 aliphatic carbocycles. The van der Waals surface area contributed by atoms with Gasteiger partial charge in [-0.2, -0.15) is 4.57 Å². The Morgan fingerprint density at radius 2 is 1.33 bits per heavy atom. The molecule has 0 unspecified atom stereocenters. The van der Waals surface area contributed by atoms with Crippen LogP contribution in [0.4, 0.5) is 5.69 Å². The molecule has 0 bridgehead atoms. The first-order valence-corrected chi connectivity index (χ1v) is 18.1. The van der Waals surface area contributed by atoms with E-state index in [9.17, 15) is 25.9 Å². The number of aryl methyl sites for hydroxylation is 1. The zero-order chi connectivity index (χ0) is 33.0. The number of aromatic nitrogens is 1. The summed E-state index contributed by atoms with van der Waals surface area (Å²) in [6.45, 7) is 0.450. The van der Waals surface area contributed by atoms with Gasteiger partial charge in [-0.1, -0.05) is 72.8 Å². The van der Waals surface area contributed by atoms with Gasteiger partial charge in [0.15, 0.2) is 12.3 Å². The van der Waals surface area contributed by atoms with Gasteiger partial charge in [-0.25, -0.2) is 16.8 Å². The number of hydrogen-bond donors (Lipinski definition) is 0. The van der Waals surface area contributed by atoms with E-state index < -0.39 is 31.7 Å². The second-order valence-electron chi connectivity index (χ2n) is 11.0. The third kappa shape index (κ3) is 8.83. The summed E-state index contributed by atoms with van der Waals surface area (Å²) in [5, 5.41) is 0. The van der Waals surface area contributed by atoms with E-state index >= 15 is 0 Å². The van der Waals surface area contributed by atoms with E-state index in [2.05, 4.69) is 0 Å². The fourth-order valence-corrected chi connectivity index (χ4v) is 6.51. The first-order chi connectivity index (χ1) is 22.5. The number of ether oxygens (including phenoxy) is 1. The van der Waals surface area contributed by atoms with Gasteiger partial charge in [-0.15, -0.1) is 0 Å². The number of fused-ring (bicyclic) bond motifs is 2. The van der Waals surface area contributed by atoms with Gasteiger partial charge in [-0.3, -0.25) is 0 Å². The van der Waals surface area contributed by atoms with Gasteiger partial charge in [0, 0.05) is 30.5 Å². The molecule has 0 saturated carbocycles. The first-order valence-electron chi connectivity index (χ1n) is 15.0. The maximum atomic E-state index is 11.3. The molecule has 13 heteroatoms. The summed E-state index contributed by atoms with van der Waals surface area (Å²) in [6, 6.07) is 31.1. The van der Waals surface area contributed by atoms with Crippen molar-refractivity contribution >= 4 is 43.1 Å². The third-order valence-corrected chi connectivity index (χ3v) is 9.28. The summed E-state index contributed by atoms with van der Waals surface area (Å²) in [7, 11) is -8.79. The van der Waals surface area contributed by atoms with Crippen LogP contribution in [0.1, 0.15) is 18.7 Å². The largest absolute Gasteiger partial charge is 1.00 e. The van der Waals surface area contributed by atoms with Crippen molar-refractivity contribution in [2.75, 3.05) is 23.0 Å². The van der Waals surface area contributed by atoms with E-state index in [0.29, 0.717) is 23.1 Å². The molecule has 5 aromatic rings. The Bertz CT molecular complexity index is 2180. The summed E-state index contributed by atoms with van der Waals surface area (Å²) < 4.78 is 82.2. The molecule has 10 nitrogen and oxygen atoms in total. The average Bonchev–Trinajstić information content (AvgIpc) is 3.57. The van der Waals surface area contributed by atoms with E-state index in [-0.39, 0.29) is 55.5 Å². The zero-order valence-corrected chi connectivity index (χ0v) is 29.8. The molecule has 0 atom stereocenters. The summed E-state index contributed by atoms with van der Waals surface area (Å²) in [6.07, 6.45) is 5.33. The Hall–Kier alpha value is -3.75. The molecule has 1 aliphatic rings. The van der Waals surface area contributed by atoms with Crippen molar-refractivity contribution in [3.8, 4) is 28.0 Å². The Balaban J connectivity index is 0.00000451. The second-order valence-corrected chi connectivity index (χ2v) is 14.1. The smallest absolute Gasteiger partial charge is 0.748 e. The molecular weight excluding hydrogens is 664 g/mol. The number of rotatable bonds is 12. The van der Waals surface area contributed by atoms with Gasteiger partial charge in [0.25, 0.3) is 5.52 Å². The van der Waals surface area contributed by atoms with Crippen LogP contribution in [0.15, 0.2) is 120 Å². The molecule has 0 spiro atoms. The Morgan fingerprint density at radius 1 is 0.729 bits per heavy atom. The van der Waals surface area contributed by atoms with E-state index in [4.69, 9.17) is 9.15 Å². The van der Waals surface area contributed by atoms with Crippen molar-refractivity contribution in [2.45, 2.75) is 19.4 Å². The normalized spacial score (nSPS) is 14.0. The van der Waals surface area contributed by atoms with Crippen LogP contribution in [0.5, 0.6) is 5.75 Å². The molecule has 0 amide bonds. The minimum Gasteiger partial charge on any atom is -0.748 e. The van der Waals surface area contributed by atoms with Crippen molar-refractivity contribution < 1.29 is 69.2 Å². The van der Waals surface area contributed by atoms with Crippen LogP contribution < -0.4 is 43.8 Å². The maximum Gasteiger partial charge on any atom is 1.00 e. The molecule has 1 aliphatic heterocycles. The quantitative estimate of drug-likeness (QED) is 0.109. The van der Waals surface area contributed by atoms with Crippen molar-refractivity contribution in [2.24, 2.45) is 0 Å². The maximum absolute atomic E-state index is 11.3. The van der Waals surface area contributed by atoms with Crippen LogP contribution in [0.2, 0.25) is 0 Å². The van der Waals surface area contributed by atoms with Crippen LogP contribution in [0.25, 0.3) is 39.4 Å². The molecule has 0 N–H and O–H groups in total. The number of allylic oxidation sites excluding steroid dienone is 2. The summed E-state index contributed by atoms with van der Waals surface area (Å²) in [5.41, 5.74) is 5.96. The first kappa shape index (κ1) is 35.6. The van der Waals surface area contributed by atoms with Crippen LogP contribution in [0, 0.1) is 0 Å². The number of oxazole rings is 1. The van der Waals surface area contributed by atoms with Crippen molar-refractivity contribution in [3.63, 3.8) is 0 Å². The van der Waals surface area contributed by atoms with Crippen LogP contribution in [-0.4, -0.2) is 44.0 Å². The molecule has 0 radical (unpaired) electrons. The molecule has 1 aromatic heterocycles. The Morgan fingerprint density at radius 3 is 1.98 bits per heavy atom. The standard InChI is InChI=1S/C35H32N2O8S2.Na/c38-46(39,40)22-8-20-36-30-24-28(26-10-3-1-4-11-26)16-18-32(30)44-34(36)14-7-15-35-37(21-9-23-47(41,42)43)31-25-29(17-19-33(31)45-35)27-12-5-2-6-13-27;/h1-7,10-19,24-25H,8-9,20-23H2,(H-,38,39,40,41,42,43);/q;+1/p-1. The van der Waals surface area contributed by atoms with Gasteiger partial charge in [0.1, 0.15) is 0 Å². The van der Waals surface area contributed by atoms with Crippen LogP contribution >= 0.6 is 0 Å². The number of benzene rings is 4. The SMILES string of the molecule is O=S(=O)([O-])CCCN1/C(=C\C=C\c2oc3ccc(-c4ccccc4)cc3[n+]2CCCS(=O)(=O)[O-])Oc2ccc(-c3ccccc3)cc21.[Na+]. The number of nitrogens with zero attached hydrogens (tertiary/aromatic N) is 2. The van der Waals surface area contributed by atoms with Crippen molar-refractivity contribution in [1.29, 1.82) is 0 Å². The summed E-state index contributed by atoms with van der Waals surface area (Å²) >= 11 is 0. The summed E-state index contributed by atoms with van der Waals surface area (Å²) in [5.74, 6) is 0.417. The predicted octanol–water partition coefficient (Wildman–Crippen LogP) is 2.68. The molecular formula is C35H31N2NaO8S2. The average molecular weight is 695 g/mol. The van der Waals surface area contributed by atoms with E-state index in [1.54, 1.807) is 18.2 Å². The molecule has 0 fully saturated rings. The Labute approximate surface area is 301 Å². The topological polar surface area (TPSA) is 144 Å². The third-order valence-electron chi connectivity index (χ3n) is 7.70. The minimum atomic E-state index is -4.39. The molecule has 2 heterocycles. The van der Waals surface area contributed by atoms with E-state index in [1.165, 1.54) is 0 Å². The van der Waals surface area contributed by atoms with Gasteiger partial charge in [0.05, 0.1) is 32.0 Å². The molecule has 48 heavy (non-hydrogen) atoms. The van der Waals surface area contributed by atoms with Gasteiger partial charge in [-0.05, 0) is 59.0 Å². The molecule has 0 saturated heterocycles. The molecule has 4 aromatic carbocycles. The molecule has 242 valence electrons. The van der Waals surface area contributed by atoms with E-state index in [0.717, 1.165) is 33.5 Å². The zero-order valence-electron chi connectivity index (χ0n) is 26.2. The van der Waals surface area contributed by atoms with E-state index in [1.807, 2.05) is 107 Å². The minimum absolute atomic E-state index is 0. The number of hydrogen-bond acceptors (Lipinski definition) is 9. The van der Waals surface area contributed by atoms with Crippen LogP contribution in [0.3, 0.4) is 0 Å². The van der Waals surface area contributed by atoms with Gasteiger partial charge < -0.3 is 23.2 Å². The second kappa shape index (κ2) is 15.2. The van der Waals surface area contributed by atoms with Crippen LogP contribution in [-0.2, 0) is 26.8 Å². The van der Waals surface area contributed by atoms with Crippen molar-refractivity contribution in [3.05, 3.63) is 121 Å². The fraction of sp³-hybridized carbons (Fsp3) is 0.171. The van der Waals surface area contributed by atoms with Gasteiger partial charge in [0.2, 0.25) is 11.5 Å².